The van der Waals surface area contributed by atoms with E-state index < -0.39 is 0 Å². The Bertz CT molecular complexity index is 445. The number of ether oxygens (including phenoxy) is 1. The summed E-state index contributed by atoms with van der Waals surface area (Å²) in [5, 5.41) is 3.22. The molecule has 0 aromatic carbocycles. The van der Waals surface area contributed by atoms with E-state index >= 15 is 0 Å². The molecule has 0 saturated heterocycles. The minimum Gasteiger partial charge on any atom is -0.493 e. The molecule has 2 rings (SSSR count). The Morgan fingerprint density at radius 2 is 2.00 bits per heavy atom. The van der Waals surface area contributed by atoms with Gasteiger partial charge in [-0.15, -0.1) is 0 Å². The number of rotatable bonds is 4. The van der Waals surface area contributed by atoms with Crippen LogP contribution >= 0.6 is 0 Å². The zero-order valence-corrected chi connectivity index (χ0v) is 9.05. The van der Waals surface area contributed by atoms with Crippen LogP contribution in [0.25, 0.3) is 0 Å². The van der Waals surface area contributed by atoms with Crippen molar-refractivity contribution in [2.45, 2.75) is 6.54 Å². The number of pyridine rings is 2. The molecule has 0 radical (unpaired) electrons. The zero-order valence-electron chi connectivity index (χ0n) is 9.05. The van der Waals surface area contributed by atoms with Crippen LogP contribution in [0.1, 0.15) is 5.56 Å². The number of anilines is 1. The smallest absolute Gasteiger partial charge is 0.168 e. The standard InChI is InChI=1S/C12H13N3O/c1-16-11-3-2-6-14-12(11)15-9-10-4-7-13-8-5-10/h2-8H,9H2,1H3,(H,14,15). The molecule has 0 aliphatic rings. The van der Waals surface area contributed by atoms with Gasteiger partial charge in [-0.3, -0.25) is 4.98 Å². The highest BCUT2D eigenvalue weighted by Crippen LogP contribution is 2.20. The lowest BCUT2D eigenvalue weighted by Crippen LogP contribution is -2.03. The number of hydrogen-bond donors (Lipinski definition) is 1. The van der Waals surface area contributed by atoms with Crippen LogP contribution in [0.15, 0.2) is 42.9 Å². The Kier molecular flexibility index (Phi) is 3.33. The van der Waals surface area contributed by atoms with Gasteiger partial charge in [0.2, 0.25) is 0 Å². The van der Waals surface area contributed by atoms with Crippen LogP contribution in [0.2, 0.25) is 0 Å². The lowest BCUT2D eigenvalue weighted by atomic mass is 10.3. The zero-order chi connectivity index (χ0) is 11.2. The van der Waals surface area contributed by atoms with Gasteiger partial charge in [0.25, 0.3) is 0 Å². The molecule has 0 fully saturated rings. The maximum Gasteiger partial charge on any atom is 0.168 e. The Morgan fingerprint density at radius 1 is 1.19 bits per heavy atom. The molecular formula is C12H13N3O. The summed E-state index contributed by atoms with van der Waals surface area (Å²) in [5.41, 5.74) is 1.16. The molecule has 2 heterocycles. The normalized spacial score (nSPS) is 9.81. The van der Waals surface area contributed by atoms with Crippen LogP contribution < -0.4 is 10.1 Å². The van der Waals surface area contributed by atoms with Gasteiger partial charge in [0.05, 0.1) is 7.11 Å². The number of nitrogens with one attached hydrogen (secondary N) is 1. The molecule has 0 atom stereocenters. The third-order valence-electron chi connectivity index (χ3n) is 2.20. The van der Waals surface area contributed by atoms with E-state index in [1.165, 1.54) is 0 Å². The van der Waals surface area contributed by atoms with Gasteiger partial charge in [-0.2, -0.15) is 0 Å². The van der Waals surface area contributed by atoms with Gasteiger partial charge in [0.15, 0.2) is 11.6 Å². The van der Waals surface area contributed by atoms with E-state index in [1.807, 2.05) is 24.3 Å². The van der Waals surface area contributed by atoms with Gasteiger partial charge in [-0.05, 0) is 29.8 Å². The molecule has 2 aromatic heterocycles. The average Bonchev–Trinajstić information content (AvgIpc) is 2.38. The van der Waals surface area contributed by atoms with E-state index in [0.29, 0.717) is 6.54 Å². The van der Waals surface area contributed by atoms with Gasteiger partial charge in [0, 0.05) is 25.1 Å². The van der Waals surface area contributed by atoms with Gasteiger partial charge < -0.3 is 10.1 Å². The first-order valence-electron chi connectivity index (χ1n) is 5.02. The Labute approximate surface area is 94.3 Å². The highest BCUT2D eigenvalue weighted by molar-refractivity contribution is 5.49. The average molecular weight is 215 g/mol. The summed E-state index contributed by atoms with van der Waals surface area (Å²) >= 11 is 0. The molecular weight excluding hydrogens is 202 g/mol. The van der Waals surface area contributed by atoms with E-state index in [4.69, 9.17) is 4.74 Å². The molecule has 0 aliphatic heterocycles. The summed E-state index contributed by atoms with van der Waals surface area (Å²) in [5.74, 6) is 1.50. The van der Waals surface area contributed by atoms with Gasteiger partial charge >= 0.3 is 0 Å². The lowest BCUT2D eigenvalue weighted by Gasteiger charge is -2.09. The number of hydrogen-bond acceptors (Lipinski definition) is 4. The summed E-state index contributed by atoms with van der Waals surface area (Å²) in [6.07, 6.45) is 5.27. The van der Waals surface area contributed by atoms with Gasteiger partial charge in [-0.1, -0.05) is 0 Å². The van der Waals surface area contributed by atoms with Crippen LogP contribution in [0.3, 0.4) is 0 Å². The fourth-order valence-corrected chi connectivity index (χ4v) is 1.37. The van der Waals surface area contributed by atoms with E-state index in [1.54, 1.807) is 25.7 Å². The van der Waals surface area contributed by atoms with Crippen molar-refractivity contribution >= 4 is 5.82 Å². The Hall–Kier alpha value is -2.10. The molecule has 4 nitrogen and oxygen atoms in total. The predicted octanol–water partition coefficient (Wildman–Crippen LogP) is 2.10. The molecule has 1 N–H and O–H groups in total. The summed E-state index contributed by atoms with van der Waals surface area (Å²) in [6.45, 7) is 0.704. The summed E-state index contributed by atoms with van der Waals surface area (Å²) in [4.78, 5) is 8.18. The highest BCUT2D eigenvalue weighted by Gasteiger charge is 2.01. The summed E-state index contributed by atoms with van der Waals surface area (Å²) in [7, 11) is 1.63. The fraction of sp³-hybridized carbons (Fsp3) is 0.167. The second kappa shape index (κ2) is 5.11. The van der Waals surface area contributed by atoms with Crippen LogP contribution in [-0.4, -0.2) is 17.1 Å². The highest BCUT2D eigenvalue weighted by atomic mass is 16.5. The predicted molar refractivity (Wildman–Crippen MR) is 62.4 cm³/mol. The van der Waals surface area contributed by atoms with E-state index in [-0.39, 0.29) is 0 Å². The molecule has 0 saturated carbocycles. The van der Waals surface area contributed by atoms with Crippen molar-refractivity contribution < 1.29 is 4.74 Å². The topological polar surface area (TPSA) is 47.0 Å². The molecule has 2 aromatic rings. The first-order chi connectivity index (χ1) is 7.90. The van der Waals surface area contributed by atoms with Crippen molar-refractivity contribution in [2.75, 3.05) is 12.4 Å². The molecule has 0 bridgehead atoms. The van der Waals surface area contributed by atoms with Crippen molar-refractivity contribution in [1.29, 1.82) is 0 Å². The molecule has 0 aliphatic carbocycles. The van der Waals surface area contributed by atoms with Crippen LogP contribution in [0, 0.1) is 0 Å². The first-order valence-corrected chi connectivity index (χ1v) is 5.02. The first kappa shape index (κ1) is 10.4. The second-order valence-corrected chi connectivity index (χ2v) is 3.26. The number of methoxy groups -OCH3 is 1. The molecule has 82 valence electrons. The monoisotopic (exact) mass is 215 g/mol. The third kappa shape index (κ3) is 2.48. The Balaban J connectivity index is 2.05. The van der Waals surface area contributed by atoms with Gasteiger partial charge in [0.1, 0.15) is 0 Å². The number of aromatic nitrogens is 2. The minimum atomic E-state index is 0.704. The summed E-state index contributed by atoms with van der Waals surface area (Å²) in [6, 6.07) is 7.64. The second-order valence-electron chi connectivity index (χ2n) is 3.26. The maximum absolute atomic E-state index is 5.20. The third-order valence-corrected chi connectivity index (χ3v) is 2.20. The van der Waals surface area contributed by atoms with Crippen molar-refractivity contribution in [2.24, 2.45) is 0 Å². The van der Waals surface area contributed by atoms with Crippen molar-refractivity contribution in [1.82, 2.24) is 9.97 Å². The van der Waals surface area contributed by atoms with Crippen LogP contribution in [0.5, 0.6) is 5.75 Å². The van der Waals surface area contributed by atoms with E-state index in [0.717, 1.165) is 17.1 Å². The fourth-order valence-electron chi connectivity index (χ4n) is 1.37. The molecule has 16 heavy (non-hydrogen) atoms. The van der Waals surface area contributed by atoms with Crippen molar-refractivity contribution in [3.8, 4) is 5.75 Å². The van der Waals surface area contributed by atoms with Gasteiger partial charge in [-0.25, -0.2) is 4.98 Å². The molecule has 0 unspecified atom stereocenters. The lowest BCUT2D eigenvalue weighted by molar-refractivity contribution is 0.415. The summed E-state index contributed by atoms with van der Waals surface area (Å²) < 4.78 is 5.20. The molecule has 0 amide bonds. The largest absolute Gasteiger partial charge is 0.493 e. The van der Waals surface area contributed by atoms with Crippen LogP contribution in [-0.2, 0) is 6.54 Å². The van der Waals surface area contributed by atoms with Crippen LogP contribution in [0.4, 0.5) is 5.82 Å². The maximum atomic E-state index is 5.20. The minimum absolute atomic E-state index is 0.704. The van der Waals surface area contributed by atoms with E-state index in [2.05, 4.69) is 15.3 Å². The quantitative estimate of drug-likeness (QED) is 0.848. The Morgan fingerprint density at radius 3 is 2.75 bits per heavy atom. The number of nitrogens with zero attached hydrogens (tertiary/aromatic N) is 2. The van der Waals surface area contributed by atoms with E-state index in [9.17, 15) is 0 Å². The molecule has 0 spiro atoms. The molecule has 4 heteroatoms. The SMILES string of the molecule is COc1cccnc1NCc1ccncc1. The van der Waals surface area contributed by atoms with Crippen molar-refractivity contribution in [3.05, 3.63) is 48.4 Å². The van der Waals surface area contributed by atoms with Crippen molar-refractivity contribution in [3.63, 3.8) is 0 Å².